The summed E-state index contributed by atoms with van der Waals surface area (Å²) in [7, 11) is 0. The van der Waals surface area contributed by atoms with Crippen molar-refractivity contribution in [1.29, 1.82) is 0 Å². The molecule has 0 radical (unpaired) electrons. The number of nitrogens with one attached hydrogen (secondary N) is 1. The smallest absolute Gasteiger partial charge is 0.0670 e. The van der Waals surface area contributed by atoms with Crippen LogP contribution in [0.3, 0.4) is 0 Å². The molecule has 3 nitrogen and oxygen atoms in total. The van der Waals surface area contributed by atoms with Gasteiger partial charge in [-0.2, -0.15) is 0 Å². The molecule has 1 aromatic heterocycles. The predicted molar refractivity (Wildman–Crippen MR) is 68.7 cm³/mol. The van der Waals surface area contributed by atoms with Crippen molar-refractivity contribution in [2.24, 2.45) is 5.73 Å². The second kappa shape index (κ2) is 4.18. The predicted octanol–water partition coefficient (Wildman–Crippen LogP) is 2.12. The summed E-state index contributed by atoms with van der Waals surface area (Å²) in [5, 5.41) is 3.48. The van der Waals surface area contributed by atoms with Crippen LogP contribution in [0.2, 0.25) is 0 Å². The average Bonchev–Trinajstić information content (AvgIpc) is 2.68. The van der Waals surface area contributed by atoms with E-state index in [0.29, 0.717) is 0 Å². The van der Waals surface area contributed by atoms with Crippen molar-refractivity contribution in [1.82, 2.24) is 4.98 Å². The van der Waals surface area contributed by atoms with E-state index >= 15 is 0 Å². The molecule has 86 valence electrons. The molecule has 1 heterocycles. The number of anilines is 1. The lowest BCUT2D eigenvalue weighted by Gasteiger charge is -2.19. The highest BCUT2D eigenvalue weighted by molar-refractivity contribution is 5.48. The number of rotatable bonds is 2. The number of pyridine rings is 1. The van der Waals surface area contributed by atoms with Gasteiger partial charge in [0.05, 0.1) is 6.04 Å². The number of hydrogen-bond donors (Lipinski definition) is 2. The van der Waals surface area contributed by atoms with Gasteiger partial charge in [-0.3, -0.25) is 4.98 Å². The Kier molecular flexibility index (Phi) is 2.53. The zero-order chi connectivity index (χ0) is 11.7. The Labute approximate surface area is 101 Å². The quantitative estimate of drug-likeness (QED) is 0.823. The van der Waals surface area contributed by atoms with E-state index in [2.05, 4.69) is 34.6 Å². The molecular weight excluding hydrogens is 210 g/mol. The second-order valence-corrected chi connectivity index (χ2v) is 4.42. The van der Waals surface area contributed by atoms with E-state index in [1.54, 1.807) is 12.4 Å². The van der Waals surface area contributed by atoms with E-state index < -0.39 is 0 Å². The first-order valence-corrected chi connectivity index (χ1v) is 5.84. The van der Waals surface area contributed by atoms with Gasteiger partial charge in [0.15, 0.2) is 0 Å². The molecule has 0 aliphatic heterocycles. The highest BCUT2D eigenvalue weighted by Gasteiger charge is 2.29. The SMILES string of the molecule is NC1Cc2ccccc2C1Nc1ccncc1. The zero-order valence-electron chi connectivity index (χ0n) is 9.51. The first kappa shape index (κ1) is 10.3. The molecule has 1 aliphatic carbocycles. The summed E-state index contributed by atoms with van der Waals surface area (Å²) in [6.07, 6.45) is 4.52. The van der Waals surface area contributed by atoms with Gasteiger partial charge < -0.3 is 11.1 Å². The Morgan fingerprint density at radius 1 is 1.12 bits per heavy atom. The van der Waals surface area contributed by atoms with Gasteiger partial charge in [0.25, 0.3) is 0 Å². The highest BCUT2D eigenvalue weighted by Crippen LogP contribution is 2.32. The average molecular weight is 225 g/mol. The fraction of sp³-hybridized carbons (Fsp3) is 0.214. The maximum atomic E-state index is 6.20. The first-order valence-electron chi connectivity index (χ1n) is 5.84. The van der Waals surface area contributed by atoms with Crippen molar-refractivity contribution in [2.75, 3.05) is 5.32 Å². The van der Waals surface area contributed by atoms with Crippen molar-refractivity contribution >= 4 is 5.69 Å². The van der Waals surface area contributed by atoms with Crippen LogP contribution >= 0.6 is 0 Å². The lowest BCUT2D eigenvalue weighted by atomic mass is 10.1. The summed E-state index contributed by atoms with van der Waals surface area (Å²) in [5.41, 5.74) is 9.94. The van der Waals surface area contributed by atoms with Crippen LogP contribution in [0.15, 0.2) is 48.8 Å². The fourth-order valence-electron chi connectivity index (χ4n) is 2.44. The Bertz CT molecular complexity index is 510. The molecule has 0 saturated carbocycles. The first-order chi connectivity index (χ1) is 8.34. The fourth-order valence-corrected chi connectivity index (χ4v) is 2.44. The minimum atomic E-state index is 0.139. The molecule has 0 saturated heterocycles. The number of nitrogens with zero attached hydrogens (tertiary/aromatic N) is 1. The van der Waals surface area contributed by atoms with Gasteiger partial charge in [-0.1, -0.05) is 24.3 Å². The highest BCUT2D eigenvalue weighted by atomic mass is 15.0. The number of benzene rings is 1. The molecule has 0 bridgehead atoms. The van der Waals surface area contributed by atoms with Crippen LogP contribution in [0, 0.1) is 0 Å². The summed E-state index contributed by atoms with van der Waals surface area (Å²) in [4.78, 5) is 4.01. The summed E-state index contributed by atoms with van der Waals surface area (Å²) in [6, 6.07) is 12.7. The molecule has 0 fully saturated rings. The van der Waals surface area contributed by atoms with Crippen LogP contribution in [0.1, 0.15) is 17.2 Å². The Morgan fingerprint density at radius 2 is 1.88 bits per heavy atom. The molecule has 1 aliphatic rings. The van der Waals surface area contributed by atoms with Crippen LogP contribution in [0.25, 0.3) is 0 Å². The lowest BCUT2D eigenvalue weighted by Crippen LogP contribution is -2.29. The minimum absolute atomic E-state index is 0.139. The van der Waals surface area contributed by atoms with Crippen LogP contribution < -0.4 is 11.1 Å². The molecule has 1 aromatic carbocycles. The largest absolute Gasteiger partial charge is 0.377 e. The van der Waals surface area contributed by atoms with Crippen molar-refractivity contribution in [3.63, 3.8) is 0 Å². The van der Waals surface area contributed by atoms with E-state index in [4.69, 9.17) is 5.73 Å². The van der Waals surface area contributed by atoms with E-state index in [1.807, 2.05) is 12.1 Å². The summed E-state index contributed by atoms with van der Waals surface area (Å²) in [5.74, 6) is 0. The Balaban J connectivity index is 1.89. The molecule has 0 amide bonds. The van der Waals surface area contributed by atoms with Gasteiger partial charge in [-0.15, -0.1) is 0 Å². The van der Waals surface area contributed by atoms with E-state index in [9.17, 15) is 0 Å². The normalized spacial score (nSPS) is 22.2. The monoisotopic (exact) mass is 225 g/mol. The molecule has 17 heavy (non-hydrogen) atoms. The molecule has 2 aromatic rings. The van der Waals surface area contributed by atoms with Gasteiger partial charge in [0.2, 0.25) is 0 Å². The van der Waals surface area contributed by atoms with Gasteiger partial charge in [-0.05, 0) is 29.7 Å². The van der Waals surface area contributed by atoms with Crippen LogP contribution in [0.5, 0.6) is 0 Å². The Hall–Kier alpha value is -1.87. The van der Waals surface area contributed by atoms with Crippen LogP contribution in [0.4, 0.5) is 5.69 Å². The van der Waals surface area contributed by atoms with E-state index in [1.165, 1.54) is 11.1 Å². The van der Waals surface area contributed by atoms with Gasteiger partial charge >= 0.3 is 0 Å². The summed E-state index contributed by atoms with van der Waals surface area (Å²) < 4.78 is 0. The maximum Gasteiger partial charge on any atom is 0.0670 e. The standard InChI is InChI=1S/C14H15N3/c15-13-9-10-3-1-2-4-12(10)14(13)17-11-5-7-16-8-6-11/h1-8,13-14H,9,15H2,(H,16,17). The summed E-state index contributed by atoms with van der Waals surface area (Å²) >= 11 is 0. The number of aromatic nitrogens is 1. The molecule has 3 heteroatoms. The molecule has 3 N–H and O–H groups in total. The van der Waals surface area contributed by atoms with E-state index in [-0.39, 0.29) is 12.1 Å². The third-order valence-electron chi connectivity index (χ3n) is 3.28. The molecular formula is C14H15N3. The minimum Gasteiger partial charge on any atom is -0.377 e. The zero-order valence-corrected chi connectivity index (χ0v) is 9.51. The van der Waals surface area contributed by atoms with Crippen molar-refractivity contribution < 1.29 is 0 Å². The number of nitrogens with two attached hydrogens (primary N) is 1. The molecule has 2 atom stereocenters. The third kappa shape index (κ3) is 1.89. The van der Waals surface area contributed by atoms with Crippen molar-refractivity contribution in [3.05, 3.63) is 59.9 Å². The summed E-state index contributed by atoms with van der Waals surface area (Å²) in [6.45, 7) is 0. The van der Waals surface area contributed by atoms with Crippen LogP contribution in [-0.4, -0.2) is 11.0 Å². The van der Waals surface area contributed by atoms with Gasteiger partial charge in [0, 0.05) is 24.1 Å². The molecule has 3 rings (SSSR count). The number of fused-ring (bicyclic) bond motifs is 1. The van der Waals surface area contributed by atoms with Gasteiger partial charge in [0.1, 0.15) is 0 Å². The van der Waals surface area contributed by atoms with Crippen molar-refractivity contribution in [2.45, 2.75) is 18.5 Å². The van der Waals surface area contributed by atoms with Gasteiger partial charge in [-0.25, -0.2) is 0 Å². The third-order valence-corrected chi connectivity index (χ3v) is 3.28. The number of hydrogen-bond acceptors (Lipinski definition) is 3. The molecule has 2 unspecified atom stereocenters. The second-order valence-electron chi connectivity index (χ2n) is 4.42. The lowest BCUT2D eigenvalue weighted by molar-refractivity contribution is 0.626. The van der Waals surface area contributed by atoms with Crippen molar-refractivity contribution in [3.8, 4) is 0 Å². The van der Waals surface area contributed by atoms with E-state index in [0.717, 1.165) is 12.1 Å². The maximum absolute atomic E-state index is 6.20. The Morgan fingerprint density at radius 3 is 2.71 bits per heavy atom. The molecule has 0 spiro atoms. The topological polar surface area (TPSA) is 50.9 Å². The van der Waals surface area contributed by atoms with Crippen LogP contribution in [-0.2, 0) is 6.42 Å².